The van der Waals surface area contributed by atoms with Crippen molar-refractivity contribution in [3.05, 3.63) is 23.3 Å². The quantitative estimate of drug-likeness (QED) is 0.217. The van der Waals surface area contributed by atoms with Gasteiger partial charge in [-0.15, -0.1) is 0 Å². The maximum Gasteiger partial charge on any atom is 0.303 e. The van der Waals surface area contributed by atoms with Gasteiger partial charge in [-0.3, -0.25) is 9.59 Å². The van der Waals surface area contributed by atoms with Crippen LogP contribution in [0.15, 0.2) is 23.3 Å². The van der Waals surface area contributed by atoms with Gasteiger partial charge in [0.15, 0.2) is 5.78 Å². The van der Waals surface area contributed by atoms with E-state index in [2.05, 4.69) is 13.8 Å². The van der Waals surface area contributed by atoms with Crippen LogP contribution in [0.2, 0.25) is 0 Å². The summed E-state index contributed by atoms with van der Waals surface area (Å²) in [7, 11) is 0. The van der Waals surface area contributed by atoms with Crippen molar-refractivity contribution in [3.8, 4) is 0 Å². The lowest BCUT2D eigenvalue weighted by molar-refractivity contribution is -0.137. The van der Waals surface area contributed by atoms with E-state index in [9.17, 15) is 19.8 Å². The van der Waals surface area contributed by atoms with Gasteiger partial charge in [0, 0.05) is 25.2 Å². The number of carbonyl (C=O) groups is 2. The number of ketones is 1. The van der Waals surface area contributed by atoms with Crippen LogP contribution in [0.25, 0.3) is 0 Å². The van der Waals surface area contributed by atoms with Crippen LogP contribution in [0.1, 0.15) is 104 Å². The van der Waals surface area contributed by atoms with Gasteiger partial charge in [-0.1, -0.05) is 70.1 Å². The van der Waals surface area contributed by atoms with Gasteiger partial charge in [-0.25, -0.2) is 0 Å². The molecule has 0 spiro atoms. The Hall–Kier alpha value is -1.46. The molecule has 172 valence electrons. The van der Waals surface area contributed by atoms with Crippen molar-refractivity contribution in [2.24, 2.45) is 5.92 Å². The highest BCUT2D eigenvalue weighted by Gasteiger charge is 2.34. The first-order valence-electron chi connectivity index (χ1n) is 11.9. The van der Waals surface area contributed by atoms with E-state index in [1.165, 1.54) is 0 Å². The van der Waals surface area contributed by atoms with Crippen LogP contribution < -0.4 is 0 Å². The maximum atomic E-state index is 12.7. The number of Topliss-reactive ketones (excluding diaryl/α,β-unsaturated/α-hetero) is 1. The highest BCUT2D eigenvalue weighted by Crippen LogP contribution is 2.38. The third-order valence-electron chi connectivity index (χ3n) is 5.94. The predicted molar refractivity (Wildman–Crippen MR) is 120 cm³/mol. The number of rotatable bonds is 17. The summed E-state index contributed by atoms with van der Waals surface area (Å²) >= 11 is 0. The first kappa shape index (κ1) is 26.6. The Bertz CT molecular complexity index is 578. The SMILES string of the molecule is CCCCC[C@H](O)C=C[C@@H]1C(CCCCCCC(=O)O)=C(C(=O)CCCC)C[C@H]1O. The summed E-state index contributed by atoms with van der Waals surface area (Å²) in [4.78, 5) is 23.4. The van der Waals surface area contributed by atoms with Crippen LogP contribution in [-0.4, -0.2) is 39.3 Å². The molecule has 1 rings (SSSR count). The van der Waals surface area contributed by atoms with Gasteiger partial charge in [0.2, 0.25) is 0 Å². The fraction of sp³-hybridized carbons (Fsp3) is 0.760. The number of carboxylic acids is 1. The van der Waals surface area contributed by atoms with Gasteiger partial charge in [0.25, 0.3) is 0 Å². The lowest BCUT2D eigenvalue weighted by atomic mass is 9.91. The summed E-state index contributed by atoms with van der Waals surface area (Å²) in [5.74, 6) is -0.815. The fourth-order valence-corrected chi connectivity index (χ4v) is 4.14. The summed E-state index contributed by atoms with van der Waals surface area (Å²) < 4.78 is 0. The van der Waals surface area contributed by atoms with Crippen molar-refractivity contribution < 1.29 is 24.9 Å². The Labute approximate surface area is 182 Å². The molecule has 0 amide bonds. The van der Waals surface area contributed by atoms with Gasteiger partial charge >= 0.3 is 5.97 Å². The summed E-state index contributed by atoms with van der Waals surface area (Å²) in [5.41, 5.74) is 1.82. The van der Waals surface area contributed by atoms with Gasteiger partial charge in [-0.05, 0) is 37.7 Å². The average molecular weight is 423 g/mol. The second-order valence-corrected chi connectivity index (χ2v) is 8.58. The normalized spacial score (nSPS) is 20.3. The standard InChI is InChI=1S/C25H42O5/c1-3-5-9-12-19(26)16-17-21-20(13-10-7-8-11-15-25(29)30)22(18-24(21)28)23(27)14-6-4-2/h16-17,19,21,24,26,28H,3-15,18H2,1-2H3,(H,29,30)/t19-,21+,24+/m0/s1. The third-order valence-corrected chi connectivity index (χ3v) is 5.94. The fourth-order valence-electron chi connectivity index (χ4n) is 4.14. The zero-order valence-electron chi connectivity index (χ0n) is 18.9. The number of aliphatic hydroxyl groups excluding tert-OH is 2. The number of hydrogen-bond donors (Lipinski definition) is 3. The van der Waals surface area contributed by atoms with E-state index in [1.807, 2.05) is 6.08 Å². The lowest BCUT2D eigenvalue weighted by Crippen LogP contribution is -2.15. The summed E-state index contributed by atoms with van der Waals surface area (Å²) in [6.45, 7) is 4.20. The van der Waals surface area contributed by atoms with Crippen molar-refractivity contribution >= 4 is 11.8 Å². The van der Waals surface area contributed by atoms with Gasteiger partial charge in [-0.2, -0.15) is 0 Å². The first-order valence-corrected chi connectivity index (χ1v) is 11.9. The number of hydrogen-bond acceptors (Lipinski definition) is 4. The molecule has 0 saturated carbocycles. The maximum absolute atomic E-state index is 12.7. The van der Waals surface area contributed by atoms with Crippen molar-refractivity contribution in [1.82, 2.24) is 0 Å². The second kappa shape index (κ2) is 15.4. The molecule has 0 aromatic rings. The molecular formula is C25H42O5. The number of unbranched alkanes of at least 4 members (excludes halogenated alkanes) is 6. The Balaban J connectivity index is 2.77. The topological polar surface area (TPSA) is 94.8 Å². The van der Waals surface area contributed by atoms with Gasteiger partial charge < -0.3 is 15.3 Å². The molecule has 5 nitrogen and oxygen atoms in total. The van der Waals surface area contributed by atoms with Crippen LogP contribution in [0, 0.1) is 5.92 Å². The minimum Gasteiger partial charge on any atom is -0.481 e. The van der Waals surface area contributed by atoms with Crippen molar-refractivity contribution in [1.29, 1.82) is 0 Å². The van der Waals surface area contributed by atoms with Crippen LogP contribution in [-0.2, 0) is 9.59 Å². The van der Waals surface area contributed by atoms with E-state index >= 15 is 0 Å². The molecule has 0 aromatic heterocycles. The molecule has 0 saturated heterocycles. The van der Waals surface area contributed by atoms with Crippen LogP contribution in [0.5, 0.6) is 0 Å². The van der Waals surface area contributed by atoms with Crippen LogP contribution in [0.3, 0.4) is 0 Å². The van der Waals surface area contributed by atoms with E-state index in [0.29, 0.717) is 19.3 Å². The molecule has 0 bridgehead atoms. The summed E-state index contributed by atoms with van der Waals surface area (Å²) in [6, 6.07) is 0. The summed E-state index contributed by atoms with van der Waals surface area (Å²) in [6.07, 6.45) is 13.5. The zero-order valence-corrected chi connectivity index (χ0v) is 18.9. The second-order valence-electron chi connectivity index (χ2n) is 8.58. The van der Waals surface area contributed by atoms with Crippen molar-refractivity contribution in [2.75, 3.05) is 0 Å². The third kappa shape index (κ3) is 10.0. The Kier molecular flexibility index (Phi) is 13.6. The molecule has 1 aliphatic carbocycles. The van der Waals surface area contributed by atoms with E-state index in [-0.39, 0.29) is 18.1 Å². The van der Waals surface area contributed by atoms with Crippen LogP contribution in [0.4, 0.5) is 0 Å². The average Bonchev–Trinajstić information content (AvgIpc) is 3.02. The van der Waals surface area contributed by atoms with Crippen molar-refractivity contribution in [3.63, 3.8) is 0 Å². The smallest absolute Gasteiger partial charge is 0.303 e. The van der Waals surface area contributed by atoms with E-state index < -0.39 is 18.2 Å². The Morgan fingerprint density at radius 3 is 2.37 bits per heavy atom. The molecule has 5 heteroatoms. The number of aliphatic carboxylic acids is 1. The molecule has 3 atom stereocenters. The molecule has 30 heavy (non-hydrogen) atoms. The van der Waals surface area contributed by atoms with Crippen LogP contribution >= 0.6 is 0 Å². The first-order chi connectivity index (χ1) is 14.4. The zero-order chi connectivity index (χ0) is 22.4. The molecule has 0 heterocycles. The highest BCUT2D eigenvalue weighted by atomic mass is 16.4. The minimum atomic E-state index is -0.761. The largest absolute Gasteiger partial charge is 0.481 e. The number of carbonyl (C=O) groups excluding carboxylic acids is 1. The summed E-state index contributed by atoms with van der Waals surface area (Å²) in [5, 5.41) is 29.6. The molecule has 0 aliphatic heterocycles. The van der Waals surface area contributed by atoms with E-state index in [0.717, 1.165) is 75.4 Å². The monoisotopic (exact) mass is 422 g/mol. The molecule has 0 radical (unpaired) electrons. The molecule has 3 N–H and O–H groups in total. The van der Waals surface area contributed by atoms with Crippen molar-refractivity contribution in [2.45, 2.75) is 116 Å². The van der Waals surface area contributed by atoms with Gasteiger partial charge in [0.05, 0.1) is 12.2 Å². The molecule has 0 unspecified atom stereocenters. The molecule has 1 aliphatic rings. The van der Waals surface area contributed by atoms with Gasteiger partial charge in [0.1, 0.15) is 0 Å². The minimum absolute atomic E-state index is 0.149. The Morgan fingerprint density at radius 1 is 1.00 bits per heavy atom. The molecule has 0 fully saturated rings. The lowest BCUT2D eigenvalue weighted by Gasteiger charge is -2.16. The van der Waals surface area contributed by atoms with E-state index in [1.54, 1.807) is 6.08 Å². The number of aliphatic hydroxyl groups is 2. The highest BCUT2D eigenvalue weighted by molar-refractivity contribution is 5.96. The molecule has 0 aromatic carbocycles. The Morgan fingerprint density at radius 2 is 1.70 bits per heavy atom. The van der Waals surface area contributed by atoms with E-state index in [4.69, 9.17) is 5.11 Å². The predicted octanol–water partition coefficient (Wildman–Crippen LogP) is 5.35. The number of carboxylic acid groups (broad SMARTS) is 1. The molecular weight excluding hydrogens is 380 g/mol.